The lowest BCUT2D eigenvalue weighted by Crippen LogP contribution is -2.35. The number of ether oxygens (including phenoxy) is 1. The first-order valence-corrected chi connectivity index (χ1v) is 6.74. The highest BCUT2D eigenvalue weighted by atomic mass is 16.5. The molecule has 0 aromatic heterocycles. The molecule has 0 saturated heterocycles. The smallest absolute Gasteiger partial charge is 0.338 e. The second kappa shape index (κ2) is 7.24. The van der Waals surface area contributed by atoms with Crippen molar-refractivity contribution in [2.45, 2.75) is 19.6 Å². The lowest BCUT2D eigenvalue weighted by molar-refractivity contribution is -0.129. The van der Waals surface area contributed by atoms with Gasteiger partial charge >= 0.3 is 5.97 Å². The molecule has 1 N–H and O–H groups in total. The van der Waals surface area contributed by atoms with Crippen LogP contribution in [-0.4, -0.2) is 18.0 Å². The first-order chi connectivity index (χ1) is 10.2. The Hall–Kier alpha value is -2.62. The van der Waals surface area contributed by atoms with E-state index in [2.05, 4.69) is 5.32 Å². The van der Waals surface area contributed by atoms with Crippen LogP contribution in [0.2, 0.25) is 0 Å². The van der Waals surface area contributed by atoms with Crippen LogP contribution in [0, 0.1) is 0 Å². The van der Waals surface area contributed by atoms with Crippen molar-refractivity contribution >= 4 is 11.9 Å². The molecule has 0 fully saturated rings. The van der Waals surface area contributed by atoms with Gasteiger partial charge in [0.2, 0.25) is 0 Å². The Labute approximate surface area is 123 Å². The Morgan fingerprint density at radius 3 is 2.19 bits per heavy atom. The van der Waals surface area contributed by atoms with Crippen LogP contribution in [0.4, 0.5) is 0 Å². The van der Waals surface area contributed by atoms with Gasteiger partial charge in [0.1, 0.15) is 0 Å². The number of benzene rings is 2. The van der Waals surface area contributed by atoms with Crippen LogP contribution in [0.25, 0.3) is 0 Å². The van der Waals surface area contributed by atoms with Gasteiger partial charge in [-0.25, -0.2) is 4.79 Å². The van der Waals surface area contributed by atoms with Crippen molar-refractivity contribution in [1.82, 2.24) is 5.32 Å². The third-order valence-corrected chi connectivity index (χ3v) is 2.97. The molecule has 0 radical (unpaired) electrons. The van der Waals surface area contributed by atoms with Crippen molar-refractivity contribution < 1.29 is 14.3 Å². The number of hydrogen-bond acceptors (Lipinski definition) is 3. The Morgan fingerprint density at radius 1 is 1.00 bits per heavy atom. The van der Waals surface area contributed by atoms with Crippen molar-refractivity contribution in [1.29, 1.82) is 0 Å². The molecule has 0 aliphatic rings. The highest BCUT2D eigenvalue weighted by Crippen LogP contribution is 2.04. The third kappa shape index (κ3) is 4.45. The number of carbonyl (C=O) groups excluding carboxylic acids is 2. The number of esters is 1. The molecule has 1 atom stereocenters. The van der Waals surface area contributed by atoms with E-state index < -0.39 is 12.1 Å². The van der Waals surface area contributed by atoms with Crippen molar-refractivity contribution in [2.24, 2.45) is 0 Å². The molecular weight excluding hydrogens is 266 g/mol. The van der Waals surface area contributed by atoms with E-state index in [9.17, 15) is 9.59 Å². The van der Waals surface area contributed by atoms with Crippen molar-refractivity contribution in [2.75, 3.05) is 0 Å². The van der Waals surface area contributed by atoms with Gasteiger partial charge in [-0.05, 0) is 24.6 Å². The average Bonchev–Trinajstić information content (AvgIpc) is 2.54. The van der Waals surface area contributed by atoms with E-state index in [1.165, 1.54) is 0 Å². The van der Waals surface area contributed by atoms with Gasteiger partial charge in [0.25, 0.3) is 5.91 Å². The zero-order valence-corrected chi connectivity index (χ0v) is 11.8. The molecule has 4 heteroatoms. The maximum absolute atomic E-state index is 11.9. The van der Waals surface area contributed by atoms with Gasteiger partial charge in [-0.2, -0.15) is 0 Å². The van der Waals surface area contributed by atoms with Crippen molar-refractivity contribution in [3.05, 3.63) is 71.8 Å². The lowest BCUT2D eigenvalue weighted by atomic mass is 10.2. The van der Waals surface area contributed by atoms with Gasteiger partial charge in [0.15, 0.2) is 6.10 Å². The van der Waals surface area contributed by atoms with E-state index in [1.54, 1.807) is 31.2 Å². The van der Waals surface area contributed by atoms with Gasteiger partial charge < -0.3 is 10.1 Å². The van der Waals surface area contributed by atoms with E-state index in [-0.39, 0.29) is 5.91 Å². The Morgan fingerprint density at radius 2 is 1.57 bits per heavy atom. The predicted molar refractivity (Wildman–Crippen MR) is 79.6 cm³/mol. The fraction of sp³-hybridized carbons (Fsp3) is 0.176. The van der Waals surface area contributed by atoms with Gasteiger partial charge in [0.05, 0.1) is 5.56 Å². The molecular formula is C17H17NO3. The zero-order valence-electron chi connectivity index (χ0n) is 11.8. The summed E-state index contributed by atoms with van der Waals surface area (Å²) in [4.78, 5) is 23.7. The topological polar surface area (TPSA) is 55.4 Å². The van der Waals surface area contributed by atoms with Gasteiger partial charge in [-0.1, -0.05) is 48.5 Å². The third-order valence-electron chi connectivity index (χ3n) is 2.97. The van der Waals surface area contributed by atoms with Crippen LogP contribution in [-0.2, 0) is 16.1 Å². The molecule has 2 rings (SSSR count). The normalized spacial score (nSPS) is 11.5. The van der Waals surface area contributed by atoms with Crippen LogP contribution in [0.5, 0.6) is 0 Å². The zero-order chi connectivity index (χ0) is 15.1. The summed E-state index contributed by atoms with van der Waals surface area (Å²) in [6.07, 6.45) is -0.832. The minimum absolute atomic E-state index is 0.317. The molecule has 0 spiro atoms. The van der Waals surface area contributed by atoms with Crippen LogP contribution in [0.1, 0.15) is 22.8 Å². The molecule has 0 unspecified atom stereocenters. The largest absolute Gasteiger partial charge is 0.449 e. The summed E-state index contributed by atoms with van der Waals surface area (Å²) in [7, 11) is 0. The maximum atomic E-state index is 11.9. The summed E-state index contributed by atoms with van der Waals surface area (Å²) < 4.78 is 5.14. The summed E-state index contributed by atoms with van der Waals surface area (Å²) in [5.74, 6) is -0.818. The highest BCUT2D eigenvalue weighted by molar-refractivity contribution is 5.92. The summed E-state index contributed by atoms with van der Waals surface area (Å²) in [6.45, 7) is 1.97. The number of carbonyl (C=O) groups is 2. The molecule has 4 nitrogen and oxygen atoms in total. The number of amides is 1. The molecule has 0 aliphatic heterocycles. The second-order valence-electron chi connectivity index (χ2n) is 4.62. The van der Waals surface area contributed by atoms with E-state index in [1.807, 2.05) is 36.4 Å². The summed E-state index contributed by atoms with van der Waals surface area (Å²) in [5.41, 5.74) is 1.42. The number of rotatable bonds is 5. The molecule has 2 aromatic rings. The molecule has 0 bridgehead atoms. The average molecular weight is 283 g/mol. The quantitative estimate of drug-likeness (QED) is 0.858. The maximum Gasteiger partial charge on any atom is 0.338 e. The van der Waals surface area contributed by atoms with Crippen LogP contribution in [0.3, 0.4) is 0 Å². The Kier molecular flexibility index (Phi) is 5.10. The van der Waals surface area contributed by atoms with Crippen LogP contribution in [0.15, 0.2) is 60.7 Å². The van der Waals surface area contributed by atoms with Gasteiger partial charge in [-0.15, -0.1) is 0 Å². The molecule has 0 aliphatic carbocycles. The molecule has 0 saturated carbocycles. The van der Waals surface area contributed by atoms with Crippen LogP contribution < -0.4 is 5.32 Å². The van der Waals surface area contributed by atoms with Crippen LogP contribution >= 0.6 is 0 Å². The SMILES string of the molecule is C[C@H](OC(=O)c1ccccc1)C(=O)NCc1ccccc1. The summed E-state index contributed by atoms with van der Waals surface area (Å²) in [6, 6.07) is 18.2. The molecule has 1 amide bonds. The van der Waals surface area contributed by atoms with E-state index >= 15 is 0 Å². The fourth-order valence-electron chi connectivity index (χ4n) is 1.79. The lowest BCUT2D eigenvalue weighted by Gasteiger charge is -2.13. The number of hydrogen-bond donors (Lipinski definition) is 1. The predicted octanol–water partition coefficient (Wildman–Crippen LogP) is 2.55. The second-order valence-corrected chi connectivity index (χ2v) is 4.62. The number of nitrogens with one attached hydrogen (secondary N) is 1. The fourth-order valence-corrected chi connectivity index (χ4v) is 1.79. The minimum atomic E-state index is -0.832. The molecule has 0 heterocycles. The summed E-state index contributed by atoms with van der Waals surface area (Å²) >= 11 is 0. The molecule has 2 aromatic carbocycles. The first kappa shape index (κ1) is 14.8. The highest BCUT2D eigenvalue weighted by Gasteiger charge is 2.18. The van der Waals surface area contributed by atoms with Crippen molar-refractivity contribution in [3.63, 3.8) is 0 Å². The molecule has 21 heavy (non-hydrogen) atoms. The van der Waals surface area contributed by atoms with E-state index in [0.29, 0.717) is 12.1 Å². The monoisotopic (exact) mass is 283 g/mol. The Balaban J connectivity index is 1.84. The molecule has 108 valence electrons. The summed E-state index contributed by atoms with van der Waals surface area (Å²) in [5, 5.41) is 2.74. The van der Waals surface area contributed by atoms with Gasteiger partial charge in [-0.3, -0.25) is 4.79 Å². The standard InChI is InChI=1S/C17H17NO3/c1-13(21-17(20)15-10-6-3-7-11-15)16(19)18-12-14-8-4-2-5-9-14/h2-11,13H,12H2,1H3,(H,18,19)/t13-/m0/s1. The van der Waals surface area contributed by atoms with E-state index in [0.717, 1.165) is 5.56 Å². The van der Waals surface area contributed by atoms with E-state index in [4.69, 9.17) is 4.74 Å². The van der Waals surface area contributed by atoms with Crippen molar-refractivity contribution in [3.8, 4) is 0 Å². The van der Waals surface area contributed by atoms with Gasteiger partial charge in [0, 0.05) is 6.54 Å². The Bertz CT molecular complexity index is 596. The first-order valence-electron chi connectivity index (χ1n) is 6.74. The minimum Gasteiger partial charge on any atom is -0.449 e.